The van der Waals surface area contributed by atoms with Gasteiger partial charge in [0.2, 0.25) is 0 Å². The molecule has 5 heteroatoms. The van der Waals surface area contributed by atoms with Gasteiger partial charge in [0.05, 0.1) is 0 Å². The van der Waals surface area contributed by atoms with Gasteiger partial charge in [-0.1, -0.05) is 19.6 Å². The van der Waals surface area contributed by atoms with Crippen LogP contribution < -0.4 is 0 Å². The van der Waals surface area contributed by atoms with Crippen molar-refractivity contribution in [3.8, 4) is 0 Å². The molecule has 0 aromatic carbocycles. The van der Waals surface area contributed by atoms with Gasteiger partial charge in [0.1, 0.15) is 0 Å². The minimum Gasteiger partial charge on any atom is -0.116 e. The summed E-state index contributed by atoms with van der Waals surface area (Å²) >= 11 is 0. The summed E-state index contributed by atoms with van der Waals surface area (Å²) in [6.07, 6.45) is 0. The fourth-order valence-corrected chi connectivity index (χ4v) is 0. The van der Waals surface area contributed by atoms with Crippen LogP contribution in [-0.4, -0.2) is 68.8 Å². The molecule has 0 aliphatic heterocycles. The van der Waals surface area contributed by atoms with E-state index in [-0.39, 0.29) is 28.3 Å². The van der Waals surface area contributed by atoms with Crippen LogP contribution in [0.3, 0.4) is 0 Å². The summed E-state index contributed by atoms with van der Waals surface area (Å²) < 4.78 is 0. The van der Waals surface area contributed by atoms with Crippen molar-refractivity contribution in [2.45, 2.75) is 19.6 Å². The second kappa shape index (κ2) is 26.6. The molecule has 0 aromatic rings. The quantitative estimate of drug-likeness (QED) is 0.374. The van der Waals surface area contributed by atoms with Crippen LogP contribution in [0, 0.1) is 0 Å². The van der Waals surface area contributed by atoms with Gasteiger partial charge in [-0.15, -0.1) is 23.8 Å². The van der Waals surface area contributed by atoms with Gasteiger partial charge in [0.15, 0.2) is 0 Å². The van der Waals surface area contributed by atoms with E-state index in [1.165, 1.54) is 0 Å². The molecule has 0 nitrogen and oxygen atoms in total. The van der Waals surface area contributed by atoms with Crippen LogP contribution in [0.2, 0.25) is 19.6 Å². The normalized spacial score (nSPS) is 8.47. The molecule has 0 saturated heterocycles. The average Bonchev–Trinajstić information content (AvgIpc) is 1.76. The molecule has 0 spiro atoms. The van der Waals surface area contributed by atoms with E-state index < -0.39 is 0 Å². The third-order valence-corrected chi connectivity index (χ3v) is 0. The van der Waals surface area contributed by atoms with E-state index in [0.29, 0.717) is 23.8 Å². The summed E-state index contributed by atoms with van der Waals surface area (Å²) in [5.41, 5.74) is 0. The van der Waals surface area contributed by atoms with Gasteiger partial charge in [-0.3, -0.25) is 0 Å². The monoisotopic (exact) mass is 403 g/mol. The van der Waals surface area contributed by atoms with E-state index in [1.54, 1.807) is 0 Å². The molecule has 0 heterocycles. The van der Waals surface area contributed by atoms with Crippen molar-refractivity contribution in [2.24, 2.45) is 0 Å². The first kappa shape index (κ1) is 31.5. The largest absolute Gasteiger partial charge is 0.116 e. The Morgan fingerprint density at radius 1 is 0.471 bits per heavy atom. The molecule has 0 bridgehead atoms. The molecule has 0 N–H and O–H groups in total. The van der Waals surface area contributed by atoms with Gasteiger partial charge in [0.25, 0.3) is 0 Å². The van der Waals surface area contributed by atoms with Crippen LogP contribution in [-0.2, 0) is 19.5 Å². The molecule has 17 heavy (non-hydrogen) atoms. The molecule has 111 valence electrons. The summed E-state index contributed by atoms with van der Waals surface area (Å²) in [7, 11) is 1.26. The molecule has 0 aromatic heterocycles. The predicted octanol–water partition coefficient (Wildman–Crippen LogP) is 5.44. The van der Waals surface area contributed by atoms with E-state index in [9.17, 15) is 0 Å². The van der Waals surface area contributed by atoms with Crippen LogP contribution in [0.5, 0.6) is 0 Å². The Kier molecular flexibility index (Phi) is 49.4. The molecule has 0 unspecified atom stereocenters. The summed E-state index contributed by atoms with van der Waals surface area (Å²) in [5, 5.41) is 0. The van der Waals surface area contributed by atoms with Crippen LogP contribution in [0.25, 0.3) is 0 Å². The minimum absolute atomic E-state index is 0. The Hall–Kier alpha value is 2.13. The molecule has 0 atom stereocenters. The Bertz CT molecular complexity index is 64.7. The standard InChI is InChI=1S/3C3H9P.C3H9Si.Ru/c4*1-4(2)3;/h4*1-3H3;. The fraction of sp³-hybridized carbons (Fsp3) is 1.00. The smallest absolute Gasteiger partial charge is 0.0379 e. The van der Waals surface area contributed by atoms with Gasteiger partial charge in [0, 0.05) is 28.3 Å². The van der Waals surface area contributed by atoms with Crippen LogP contribution >= 0.6 is 23.8 Å². The zero-order valence-electron chi connectivity index (χ0n) is 14.2. The molecule has 1 radical (unpaired) electrons. The maximum Gasteiger partial charge on any atom is 0.0379 e. The predicted molar refractivity (Wildman–Crippen MR) is 97.4 cm³/mol. The third-order valence-electron chi connectivity index (χ3n) is 0. The third kappa shape index (κ3) is 1040. The van der Waals surface area contributed by atoms with Gasteiger partial charge in [-0.2, -0.15) is 0 Å². The molecule has 0 saturated carbocycles. The van der Waals surface area contributed by atoms with Crippen molar-refractivity contribution >= 4 is 32.6 Å². The van der Waals surface area contributed by atoms with E-state index in [4.69, 9.17) is 0 Å². The molecule has 0 rings (SSSR count). The first-order valence-corrected chi connectivity index (χ1v) is 16.6. The second-order valence-electron chi connectivity index (χ2n) is 5.52. The summed E-state index contributed by atoms with van der Waals surface area (Å²) in [4.78, 5) is 0. The molecule has 0 aliphatic carbocycles. The summed E-state index contributed by atoms with van der Waals surface area (Å²) in [6.45, 7) is 26.9. The van der Waals surface area contributed by atoms with Crippen LogP contribution in [0.1, 0.15) is 0 Å². The van der Waals surface area contributed by atoms with E-state index in [0.717, 1.165) is 0 Å². The Labute approximate surface area is 131 Å². The Balaban J connectivity index is -0.0000000369. The zero-order chi connectivity index (χ0) is 14.3. The van der Waals surface area contributed by atoms with E-state index in [2.05, 4.69) is 79.6 Å². The Morgan fingerprint density at radius 2 is 0.471 bits per heavy atom. The average molecular weight is 402 g/mol. The van der Waals surface area contributed by atoms with Crippen molar-refractivity contribution < 1.29 is 19.5 Å². The topological polar surface area (TPSA) is 0 Å². The molecule has 0 amide bonds. The Morgan fingerprint density at radius 3 is 0.471 bits per heavy atom. The van der Waals surface area contributed by atoms with E-state index >= 15 is 0 Å². The maximum atomic E-state index is 2.27. The van der Waals surface area contributed by atoms with E-state index in [1.807, 2.05) is 0 Å². The second-order valence-corrected chi connectivity index (χ2v) is 16.6. The number of hydrogen-bond acceptors (Lipinski definition) is 0. The van der Waals surface area contributed by atoms with Gasteiger partial charge < -0.3 is 0 Å². The van der Waals surface area contributed by atoms with Crippen molar-refractivity contribution in [1.82, 2.24) is 0 Å². The van der Waals surface area contributed by atoms with Crippen LogP contribution in [0.15, 0.2) is 0 Å². The van der Waals surface area contributed by atoms with Crippen molar-refractivity contribution in [2.75, 3.05) is 60.0 Å². The number of hydrogen-bond donors (Lipinski definition) is 0. The van der Waals surface area contributed by atoms with Crippen molar-refractivity contribution in [1.29, 1.82) is 0 Å². The van der Waals surface area contributed by atoms with Gasteiger partial charge in [-0.05, 0) is 60.0 Å². The van der Waals surface area contributed by atoms with Crippen molar-refractivity contribution in [3.63, 3.8) is 0 Å². The first-order valence-electron chi connectivity index (χ1n) is 5.52. The van der Waals surface area contributed by atoms with Gasteiger partial charge >= 0.3 is 0 Å². The molecular weight excluding hydrogens is 366 g/mol. The summed E-state index contributed by atoms with van der Waals surface area (Å²) in [5.74, 6) is 0. The molecule has 0 aliphatic rings. The van der Waals surface area contributed by atoms with Gasteiger partial charge in [-0.25, -0.2) is 0 Å². The first-order chi connectivity index (χ1) is 6.93. The SMILES string of the molecule is CP(C)C.CP(C)C.CP(C)C.C[Si](C)C.[Ru]. The minimum atomic E-state index is 0. The molecule has 0 fully saturated rings. The zero-order valence-corrected chi connectivity index (χ0v) is 19.6. The van der Waals surface area contributed by atoms with Crippen LogP contribution in [0.4, 0.5) is 0 Å². The summed E-state index contributed by atoms with van der Waals surface area (Å²) in [6, 6.07) is 0. The molecular formula is C12H36P3RuSi. The maximum absolute atomic E-state index is 2.27. The number of rotatable bonds is 0. The van der Waals surface area contributed by atoms with Crippen molar-refractivity contribution in [3.05, 3.63) is 0 Å². The fourth-order valence-electron chi connectivity index (χ4n) is 0.